The number of nitrogens with one attached hydrogen (secondary N) is 1. The molecule has 0 aliphatic carbocycles. The third-order valence-electron chi connectivity index (χ3n) is 3.35. The van der Waals surface area contributed by atoms with Gasteiger partial charge < -0.3 is 4.74 Å². The lowest BCUT2D eigenvalue weighted by atomic mass is 10.1. The molecule has 118 valence electrons. The van der Waals surface area contributed by atoms with E-state index in [1.54, 1.807) is 12.1 Å². The maximum Gasteiger partial charge on any atom is 0.237 e. The maximum absolute atomic E-state index is 12.9. The highest BCUT2D eigenvalue weighted by molar-refractivity contribution is 7.91. The van der Waals surface area contributed by atoms with Crippen molar-refractivity contribution in [3.8, 4) is 5.75 Å². The minimum absolute atomic E-state index is 0.233. The van der Waals surface area contributed by atoms with Crippen LogP contribution in [-0.4, -0.2) is 15.5 Å². The molecule has 0 atom stereocenters. The van der Waals surface area contributed by atoms with Crippen molar-refractivity contribution >= 4 is 15.7 Å². The predicted octanol–water partition coefficient (Wildman–Crippen LogP) is 3.39. The monoisotopic (exact) mass is 323 g/mol. The lowest BCUT2D eigenvalue weighted by Crippen LogP contribution is -2.16. The number of halogens is 1. The van der Waals surface area contributed by atoms with Gasteiger partial charge in [-0.15, -0.1) is 0 Å². The Morgan fingerprint density at radius 2 is 1.68 bits per heavy atom. The van der Waals surface area contributed by atoms with Crippen LogP contribution in [0.5, 0.6) is 5.75 Å². The minimum Gasteiger partial charge on any atom is -0.495 e. The molecule has 1 N–H and O–H groups in total. The van der Waals surface area contributed by atoms with Gasteiger partial charge in [0.05, 0.1) is 18.6 Å². The normalized spacial score (nSPS) is 11.3. The molecule has 0 aromatic heterocycles. The van der Waals surface area contributed by atoms with Gasteiger partial charge in [0.2, 0.25) is 10.0 Å². The first-order chi connectivity index (χ1) is 10.3. The van der Waals surface area contributed by atoms with Crippen LogP contribution < -0.4 is 9.46 Å². The Labute approximate surface area is 130 Å². The van der Waals surface area contributed by atoms with Crippen LogP contribution in [0.1, 0.15) is 16.7 Å². The first kappa shape index (κ1) is 16.3. The van der Waals surface area contributed by atoms with Crippen LogP contribution in [0.4, 0.5) is 10.1 Å². The van der Waals surface area contributed by atoms with E-state index in [-0.39, 0.29) is 5.75 Å². The van der Waals surface area contributed by atoms with E-state index in [0.717, 1.165) is 11.1 Å². The van der Waals surface area contributed by atoms with Gasteiger partial charge in [0.25, 0.3) is 0 Å². The fraction of sp³-hybridized carbons (Fsp3) is 0.250. The summed E-state index contributed by atoms with van der Waals surface area (Å²) in [4.78, 5) is 0. The number of hydrogen-bond acceptors (Lipinski definition) is 3. The quantitative estimate of drug-likeness (QED) is 0.917. The molecule has 2 aromatic carbocycles. The molecule has 0 aliphatic rings. The Morgan fingerprint density at radius 1 is 1.09 bits per heavy atom. The molecule has 22 heavy (non-hydrogen) atoms. The van der Waals surface area contributed by atoms with E-state index >= 15 is 0 Å². The van der Waals surface area contributed by atoms with Crippen LogP contribution >= 0.6 is 0 Å². The van der Waals surface area contributed by atoms with Gasteiger partial charge in [0, 0.05) is 0 Å². The van der Waals surface area contributed by atoms with Crippen molar-refractivity contribution in [3.05, 3.63) is 58.9 Å². The summed E-state index contributed by atoms with van der Waals surface area (Å²) in [6.07, 6.45) is 0. The largest absolute Gasteiger partial charge is 0.495 e. The first-order valence-corrected chi connectivity index (χ1v) is 8.36. The molecule has 0 aliphatic heterocycles. The fourth-order valence-corrected chi connectivity index (χ4v) is 3.24. The van der Waals surface area contributed by atoms with Crippen LogP contribution in [0.25, 0.3) is 0 Å². The van der Waals surface area contributed by atoms with Gasteiger partial charge in [0.15, 0.2) is 0 Å². The Bertz CT molecular complexity index is 771. The Morgan fingerprint density at radius 3 is 2.27 bits per heavy atom. The smallest absolute Gasteiger partial charge is 0.237 e. The molecule has 0 unspecified atom stereocenters. The number of rotatable bonds is 5. The number of hydrogen-bond donors (Lipinski definition) is 1. The Kier molecular flexibility index (Phi) is 4.71. The van der Waals surface area contributed by atoms with Gasteiger partial charge >= 0.3 is 0 Å². The number of sulfonamides is 1. The molecule has 2 aromatic rings. The third kappa shape index (κ3) is 3.98. The second-order valence-electron chi connectivity index (χ2n) is 5.12. The molecule has 0 saturated heterocycles. The van der Waals surface area contributed by atoms with Crippen molar-refractivity contribution in [2.24, 2.45) is 0 Å². The zero-order chi connectivity index (χ0) is 16.3. The zero-order valence-corrected chi connectivity index (χ0v) is 13.5. The molecule has 0 amide bonds. The Hall–Kier alpha value is -2.08. The third-order valence-corrected chi connectivity index (χ3v) is 4.60. The predicted molar refractivity (Wildman–Crippen MR) is 85.1 cm³/mol. The van der Waals surface area contributed by atoms with E-state index in [4.69, 9.17) is 4.74 Å². The van der Waals surface area contributed by atoms with Crippen LogP contribution in [-0.2, 0) is 15.8 Å². The minimum atomic E-state index is -3.62. The average Bonchev–Trinajstić information content (AvgIpc) is 2.44. The summed E-state index contributed by atoms with van der Waals surface area (Å²) in [5.41, 5.74) is 2.88. The summed E-state index contributed by atoms with van der Waals surface area (Å²) in [7, 11) is -2.13. The summed E-state index contributed by atoms with van der Waals surface area (Å²) >= 11 is 0. The molecule has 4 nitrogen and oxygen atoms in total. The molecular weight excluding hydrogens is 305 g/mol. The molecule has 0 heterocycles. The second kappa shape index (κ2) is 6.36. The molecule has 6 heteroatoms. The van der Waals surface area contributed by atoms with E-state index in [1.807, 2.05) is 13.8 Å². The topological polar surface area (TPSA) is 55.4 Å². The van der Waals surface area contributed by atoms with Crippen LogP contribution in [0.3, 0.4) is 0 Å². The van der Waals surface area contributed by atoms with Gasteiger partial charge in [-0.2, -0.15) is 0 Å². The van der Waals surface area contributed by atoms with Gasteiger partial charge in [-0.1, -0.05) is 12.1 Å². The van der Waals surface area contributed by atoms with Crippen molar-refractivity contribution in [1.82, 2.24) is 0 Å². The summed E-state index contributed by atoms with van der Waals surface area (Å²) in [6.45, 7) is 3.82. The number of anilines is 1. The molecule has 0 spiro atoms. The van der Waals surface area contributed by atoms with E-state index in [2.05, 4.69) is 4.72 Å². The van der Waals surface area contributed by atoms with Crippen LogP contribution in [0.2, 0.25) is 0 Å². The molecule has 2 rings (SSSR count). The van der Waals surface area contributed by atoms with Crippen molar-refractivity contribution in [2.75, 3.05) is 11.8 Å². The molecule has 0 bridgehead atoms. The van der Waals surface area contributed by atoms with E-state index in [1.165, 1.54) is 31.4 Å². The number of benzene rings is 2. The SMILES string of the molecule is COc1cc(C)c(C)cc1NS(=O)(=O)Cc1ccc(F)cc1. The standard InChI is InChI=1S/C16H18FNO3S/c1-11-8-15(16(21-3)9-12(11)2)18-22(19,20)10-13-4-6-14(17)7-5-13/h4-9,18H,10H2,1-3H3. The van der Waals surface area contributed by atoms with Crippen molar-refractivity contribution in [2.45, 2.75) is 19.6 Å². The van der Waals surface area contributed by atoms with Crippen molar-refractivity contribution in [1.29, 1.82) is 0 Å². The molecule has 0 saturated carbocycles. The number of methoxy groups -OCH3 is 1. The van der Waals surface area contributed by atoms with Gasteiger partial charge in [-0.05, 0) is 54.8 Å². The summed E-state index contributed by atoms with van der Waals surface area (Å²) in [5, 5.41) is 0. The number of ether oxygens (including phenoxy) is 1. The summed E-state index contributed by atoms with van der Waals surface area (Å²) in [5.74, 6) is -0.167. The van der Waals surface area contributed by atoms with Crippen molar-refractivity contribution < 1.29 is 17.5 Å². The molecule has 0 radical (unpaired) electrons. The second-order valence-corrected chi connectivity index (χ2v) is 6.85. The summed E-state index contributed by atoms with van der Waals surface area (Å²) < 4.78 is 45.1. The molecule has 0 fully saturated rings. The van der Waals surface area contributed by atoms with Gasteiger partial charge in [0.1, 0.15) is 11.6 Å². The summed E-state index contributed by atoms with van der Waals surface area (Å²) in [6, 6.07) is 8.89. The number of aryl methyl sites for hydroxylation is 2. The van der Waals surface area contributed by atoms with Gasteiger partial charge in [-0.3, -0.25) is 4.72 Å². The van der Waals surface area contributed by atoms with E-state index < -0.39 is 15.8 Å². The van der Waals surface area contributed by atoms with Crippen LogP contribution in [0, 0.1) is 19.7 Å². The first-order valence-electron chi connectivity index (χ1n) is 6.71. The van der Waals surface area contributed by atoms with Crippen molar-refractivity contribution in [3.63, 3.8) is 0 Å². The van der Waals surface area contributed by atoms with E-state index in [0.29, 0.717) is 17.0 Å². The zero-order valence-electron chi connectivity index (χ0n) is 12.7. The van der Waals surface area contributed by atoms with E-state index in [9.17, 15) is 12.8 Å². The maximum atomic E-state index is 12.9. The lowest BCUT2D eigenvalue weighted by molar-refractivity contribution is 0.416. The fourth-order valence-electron chi connectivity index (χ4n) is 2.04. The Balaban J connectivity index is 2.25. The average molecular weight is 323 g/mol. The van der Waals surface area contributed by atoms with Crippen LogP contribution in [0.15, 0.2) is 36.4 Å². The molecular formula is C16H18FNO3S. The highest BCUT2D eigenvalue weighted by Gasteiger charge is 2.15. The lowest BCUT2D eigenvalue weighted by Gasteiger charge is -2.14. The highest BCUT2D eigenvalue weighted by Crippen LogP contribution is 2.29. The van der Waals surface area contributed by atoms with Gasteiger partial charge in [-0.25, -0.2) is 12.8 Å². The highest BCUT2D eigenvalue weighted by atomic mass is 32.2.